The molecule has 4 aromatic rings. The Balaban J connectivity index is 1.57. The second-order valence-electron chi connectivity index (χ2n) is 7.70. The van der Waals surface area contributed by atoms with E-state index in [0.29, 0.717) is 33.7 Å². The minimum atomic E-state index is -0.413. The fourth-order valence-corrected chi connectivity index (χ4v) is 4.05. The predicted octanol–water partition coefficient (Wildman–Crippen LogP) is 3.86. The molecule has 0 bridgehead atoms. The first-order valence-electron chi connectivity index (χ1n) is 9.70. The van der Waals surface area contributed by atoms with Crippen molar-refractivity contribution >= 4 is 27.5 Å². The molecular weight excluding hydrogens is 372 g/mol. The Morgan fingerprint density at radius 3 is 2.69 bits per heavy atom. The Morgan fingerprint density at radius 2 is 1.86 bits per heavy atom. The lowest BCUT2D eigenvalue weighted by molar-refractivity contribution is 0.484. The molecule has 148 valence electrons. The Morgan fingerprint density at radius 1 is 1.03 bits per heavy atom. The van der Waals surface area contributed by atoms with Crippen LogP contribution in [0.1, 0.15) is 6.92 Å². The van der Waals surface area contributed by atoms with E-state index in [2.05, 4.69) is 27.2 Å². The third kappa shape index (κ3) is 3.21. The number of hydrogen-bond acceptors (Lipinski definition) is 4. The van der Waals surface area contributed by atoms with Gasteiger partial charge in [-0.2, -0.15) is 5.10 Å². The molecule has 1 aliphatic heterocycles. The summed E-state index contributed by atoms with van der Waals surface area (Å²) in [5, 5.41) is 8.94. The second kappa shape index (κ2) is 6.77. The lowest BCUT2D eigenvalue weighted by Gasteiger charge is -2.33. The zero-order valence-electron chi connectivity index (χ0n) is 16.3. The molecule has 29 heavy (non-hydrogen) atoms. The third-order valence-electron chi connectivity index (χ3n) is 5.44. The number of rotatable bonds is 2. The van der Waals surface area contributed by atoms with E-state index in [4.69, 9.17) is 0 Å². The highest BCUT2D eigenvalue weighted by molar-refractivity contribution is 5.88. The lowest BCUT2D eigenvalue weighted by atomic mass is 10.1. The van der Waals surface area contributed by atoms with Gasteiger partial charge in [-0.1, -0.05) is 6.07 Å². The smallest absolute Gasteiger partial charge is 0.151 e. The van der Waals surface area contributed by atoms with E-state index in [1.165, 1.54) is 6.07 Å². The molecule has 1 atom stereocenters. The van der Waals surface area contributed by atoms with Crippen LogP contribution in [0.2, 0.25) is 0 Å². The highest BCUT2D eigenvalue weighted by atomic mass is 19.1. The molecule has 3 heterocycles. The molecule has 2 aromatic carbocycles. The van der Waals surface area contributed by atoms with Crippen molar-refractivity contribution in [1.82, 2.24) is 20.1 Å². The van der Waals surface area contributed by atoms with Gasteiger partial charge in [0.05, 0.1) is 5.69 Å². The molecule has 1 fully saturated rings. The summed E-state index contributed by atoms with van der Waals surface area (Å²) in [5.41, 5.74) is 2.61. The molecule has 1 N–H and O–H groups in total. The van der Waals surface area contributed by atoms with E-state index >= 15 is 0 Å². The number of nitrogens with one attached hydrogen (secondary N) is 1. The van der Waals surface area contributed by atoms with Crippen molar-refractivity contribution in [2.45, 2.75) is 13.0 Å². The van der Waals surface area contributed by atoms with Crippen molar-refractivity contribution < 1.29 is 8.78 Å². The SMILES string of the molecule is C[C@H]1CN(c2cc(F)c3nc(-c4cc(F)c5nn(C)cc5c4)ccc3c2)CCN1. The Hall–Kier alpha value is -3.06. The summed E-state index contributed by atoms with van der Waals surface area (Å²) < 4.78 is 31.0. The van der Waals surface area contributed by atoms with Crippen LogP contribution in [0.3, 0.4) is 0 Å². The second-order valence-corrected chi connectivity index (χ2v) is 7.70. The normalized spacial score (nSPS) is 17.4. The van der Waals surface area contributed by atoms with Gasteiger partial charge in [0.1, 0.15) is 11.0 Å². The number of piperazine rings is 1. The molecule has 0 saturated carbocycles. The molecule has 0 spiro atoms. The van der Waals surface area contributed by atoms with Gasteiger partial charge in [0.15, 0.2) is 11.6 Å². The van der Waals surface area contributed by atoms with Crippen LogP contribution >= 0.6 is 0 Å². The molecule has 0 radical (unpaired) electrons. The average Bonchev–Trinajstić information content (AvgIpc) is 3.08. The van der Waals surface area contributed by atoms with Gasteiger partial charge in [0.2, 0.25) is 0 Å². The minimum Gasteiger partial charge on any atom is -0.369 e. The van der Waals surface area contributed by atoms with Crippen LogP contribution in [0.15, 0.2) is 42.6 Å². The first-order valence-corrected chi connectivity index (χ1v) is 9.70. The van der Waals surface area contributed by atoms with Crippen LogP contribution in [-0.4, -0.2) is 40.4 Å². The maximum Gasteiger partial charge on any atom is 0.151 e. The van der Waals surface area contributed by atoms with Crippen LogP contribution in [0, 0.1) is 11.6 Å². The van der Waals surface area contributed by atoms with E-state index in [1.54, 1.807) is 24.0 Å². The molecule has 5 nitrogen and oxygen atoms in total. The molecule has 0 amide bonds. The number of aromatic nitrogens is 3. The quantitative estimate of drug-likeness (QED) is 0.562. The van der Waals surface area contributed by atoms with E-state index in [1.807, 2.05) is 24.3 Å². The predicted molar refractivity (Wildman–Crippen MR) is 111 cm³/mol. The zero-order chi connectivity index (χ0) is 20.1. The zero-order valence-corrected chi connectivity index (χ0v) is 16.3. The first kappa shape index (κ1) is 18.0. The van der Waals surface area contributed by atoms with Crippen molar-refractivity contribution in [3.63, 3.8) is 0 Å². The van der Waals surface area contributed by atoms with Gasteiger partial charge in [0.25, 0.3) is 0 Å². The average molecular weight is 393 g/mol. The van der Waals surface area contributed by atoms with Gasteiger partial charge in [0, 0.05) is 60.9 Å². The summed E-state index contributed by atoms with van der Waals surface area (Å²) in [6.45, 7) is 4.67. The van der Waals surface area contributed by atoms with Crippen molar-refractivity contribution in [2.75, 3.05) is 24.5 Å². The standard InChI is InChI=1S/C22H21F2N5/c1-13-11-29(6-5-25-13)17-8-14-3-4-20(26-21(14)19(24)10-17)15-7-16-12-28(2)27-22(16)18(23)9-15/h3-4,7-10,12-13,25H,5-6,11H2,1-2H3/t13-/m0/s1. The van der Waals surface area contributed by atoms with Gasteiger partial charge < -0.3 is 10.2 Å². The number of anilines is 1. The maximum atomic E-state index is 14.9. The highest BCUT2D eigenvalue weighted by Gasteiger charge is 2.18. The first-order chi connectivity index (χ1) is 14.0. The maximum absolute atomic E-state index is 14.9. The third-order valence-corrected chi connectivity index (χ3v) is 5.44. The van der Waals surface area contributed by atoms with Crippen molar-refractivity contribution in [3.8, 4) is 11.3 Å². The van der Waals surface area contributed by atoms with Gasteiger partial charge in [-0.15, -0.1) is 0 Å². The van der Waals surface area contributed by atoms with Crippen molar-refractivity contribution in [3.05, 3.63) is 54.2 Å². The van der Waals surface area contributed by atoms with Crippen LogP contribution in [0.25, 0.3) is 33.1 Å². The van der Waals surface area contributed by atoms with Crippen molar-refractivity contribution in [2.24, 2.45) is 7.05 Å². The van der Waals surface area contributed by atoms with E-state index < -0.39 is 5.82 Å². The van der Waals surface area contributed by atoms with Crippen LogP contribution < -0.4 is 10.2 Å². The van der Waals surface area contributed by atoms with E-state index in [-0.39, 0.29) is 5.82 Å². The molecule has 2 aromatic heterocycles. The summed E-state index contributed by atoms with van der Waals surface area (Å²) in [7, 11) is 1.75. The molecule has 5 rings (SSSR count). The summed E-state index contributed by atoms with van der Waals surface area (Å²) in [5.74, 6) is -0.780. The summed E-state index contributed by atoms with van der Waals surface area (Å²) in [6, 6.07) is 10.8. The van der Waals surface area contributed by atoms with Gasteiger partial charge in [-0.3, -0.25) is 4.68 Å². The number of hydrogen-bond donors (Lipinski definition) is 1. The fourth-order valence-electron chi connectivity index (χ4n) is 4.05. The Bertz CT molecular complexity index is 1230. The minimum absolute atomic E-state index is 0.293. The molecule has 1 aliphatic rings. The van der Waals surface area contributed by atoms with Crippen LogP contribution in [-0.2, 0) is 7.05 Å². The molecule has 0 unspecified atom stereocenters. The van der Waals surface area contributed by atoms with Crippen LogP contribution in [0.4, 0.5) is 14.5 Å². The van der Waals surface area contributed by atoms with Crippen molar-refractivity contribution in [1.29, 1.82) is 0 Å². The van der Waals surface area contributed by atoms with Gasteiger partial charge in [-0.05, 0) is 37.3 Å². The monoisotopic (exact) mass is 393 g/mol. The number of aryl methyl sites for hydroxylation is 1. The number of halogens is 2. The summed E-state index contributed by atoms with van der Waals surface area (Å²) >= 11 is 0. The lowest BCUT2D eigenvalue weighted by Crippen LogP contribution is -2.49. The number of nitrogens with zero attached hydrogens (tertiary/aromatic N) is 4. The Labute approximate surface area is 167 Å². The highest BCUT2D eigenvalue weighted by Crippen LogP contribution is 2.30. The summed E-state index contributed by atoms with van der Waals surface area (Å²) in [4.78, 5) is 6.69. The summed E-state index contributed by atoms with van der Waals surface area (Å²) in [6.07, 6.45) is 1.75. The largest absolute Gasteiger partial charge is 0.369 e. The number of pyridine rings is 1. The number of benzene rings is 2. The topological polar surface area (TPSA) is 46.0 Å². The Kier molecular flexibility index (Phi) is 4.20. The van der Waals surface area contributed by atoms with Gasteiger partial charge in [-0.25, -0.2) is 13.8 Å². The van der Waals surface area contributed by atoms with Gasteiger partial charge >= 0.3 is 0 Å². The molecule has 1 saturated heterocycles. The van der Waals surface area contributed by atoms with Crippen LogP contribution in [0.5, 0.6) is 0 Å². The molecular formula is C22H21F2N5. The number of fused-ring (bicyclic) bond motifs is 2. The fraction of sp³-hybridized carbons (Fsp3) is 0.273. The van der Waals surface area contributed by atoms with E-state index in [9.17, 15) is 8.78 Å². The van der Waals surface area contributed by atoms with E-state index in [0.717, 1.165) is 30.7 Å². The molecule has 7 heteroatoms. The molecule has 0 aliphatic carbocycles.